The highest BCUT2D eigenvalue weighted by Crippen LogP contribution is 2.23. The molecular weight excluding hydrogens is 427 g/mol. The Hall–Kier alpha value is -3.24. The van der Waals surface area contributed by atoms with Crippen LogP contribution in [0.5, 0.6) is 0 Å². The zero-order chi connectivity index (χ0) is 21.7. The van der Waals surface area contributed by atoms with E-state index in [1.165, 1.54) is 24.3 Å². The normalized spacial score (nSPS) is 11.4. The zero-order valence-corrected chi connectivity index (χ0v) is 16.4. The zero-order valence-electron chi connectivity index (χ0n) is 14.8. The number of hydrogen-bond donors (Lipinski definition) is 2. The van der Waals surface area contributed by atoms with Gasteiger partial charge in [-0.05, 0) is 19.1 Å². The fourth-order valence-corrected chi connectivity index (χ4v) is 2.70. The summed E-state index contributed by atoms with van der Waals surface area (Å²) in [6.07, 6.45) is 0. The minimum absolute atomic E-state index is 0.0316. The molecule has 1 unspecified atom stereocenters. The van der Waals surface area contributed by atoms with Crippen LogP contribution in [0.2, 0.25) is 10.0 Å². The summed E-state index contributed by atoms with van der Waals surface area (Å²) in [6.45, 7) is 1.55. The van der Waals surface area contributed by atoms with Crippen molar-refractivity contribution in [2.24, 2.45) is 0 Å². The van der Waals surface area contributed by atoms with Gasteiger partial charge in [0.1, 0.15) is 0 Å². The van der Waals surface area contributed by atoms with Gasteiger partial charge in [0.15, 0.2) is 0 Å². The second-order valence-electron chi connectivity index (χ2n) is 5.93. The maximum atomic E-state index is 12.3. The van der Waals surface area contributed by atoms with Crippen LogP contribution in [0.3, 0.4) is 0 Å². The average molecular weight is 441 g/mol. The van der Waals surface area contributed by atoms with E-state index in [1.54, 1.807) is 6.92 Å². The lowest BCUT2D eigenvalue weighted by molar-refractivity contribution is -0.385. The van der Waals surface area contributed by atoms with E-state index in [9.17, 15) is 29.8 Å². The maximum Gasteiger partial charge on any atom is 0.270 e. The third kappa shape index (κ3) is 5.62. The number of hydrogen-bond acceptors (Lipinski definition) is 6. The number of nitro groups is 2. The summed E-state index contributed by atoms with van der Waals surface area (Å²) in [6, 6.07) is 6.33. The van der Waals surface area contributed by atoms with Crippen molar-refractivity contribution < 1.29 is 19.4 Å². The SMILES string of the molecule is CC(CNC(=O)c1cc([N+](=O)[O-])ccc1Cl)NC(=O)c1cc([N+](=O)[O-])ccc1Cl. The molecule has 2 aromatic rings. The Morgan fingerprint density at radius 1 is 0.931 bits per heavy atom. The molecule has 12 heteroatoms. The minimum Gasteiger partial charge on any atom is -0.350 e. The Kier molecular flexibility index (Phi) is 7.08. The van der Waals surface area contributed by atoms with Crippen molar-refractivity contribution in [2.75, 3.05) is 6.54 Å². The molecule has 0 saturated heterocycles. The van der Waals surface area contributed by atoms with Gasteiger partial charge in [0.2, 0.25) is 0 Å². The fourth-order valence-electron chi connectivity index (χ4n) is 2.30. The summed E-state index contributed by atoms with van der Waals surface area (Å²) < 4.78 is 0. The molecule has 29 heavy (non-hydrogen) atoms. The highest BCUT2D eigenvalue weighted by atomic mass is 35.5. The number of nitrogens with one attached hydrogen (secondary N) is 2. The fraction of sp³-hybridized carbons (Fsp3) is 0.176. The Bertz CT molecular complexity index is 998. The number of nitro benzene ring substituents is 2. The molecule has 2 rings (SSSR count). The van der Waals surface area contributed by atoms with Crippen molar-refractivity contribution in [3.05, 3.63) is 77.8 Å². The highest BCUT2D eigenvalue weighted by molar-refractivity contribution is 6.34. The minimum atomic E-state index is -0.659. The van der Waals surface area contributed by atoms with E-state index in [1.807, 2.05) is 0 Å². The number of non-ortho nitro benzene ring substituents is 2. The second kappa shape index (κ2) is 9.30. The Labute approximate surface area is 174 Å². The number of nitrogens with zero attached hydrogens (tertiary/aromatic N) is 2. The molecule has 2 amide bonds. The molecule has 0 bridgehead atoms. The molecule has 0 aliphatic rings. The number of carbonyl (C=O) groups excluding carboxylic acids is 2. The average Bonchev–Trinajstić information content (AvgIpc) is 2.66. The first-order valence-electron chi connectivity index (χ1n) is 8.07. The number of amides is 2. The Morgan fingerprint density at radius 2 is 1.38 bits per heavy atom. The monoisotopic (exact) mass is 440 g/mol. The molecule has 152 valence electrons. The number of halogens is 2. The molecule has 0 spiro atoms. The first-order valence-corrected chi connectivity index (χ1v) is 8.82. The predicted molar refractivity (Wildman–Crippen MR) is 105 cm³/mol. The molecule has 2 aromatic carbocycles. The first-order chi connectivity index (χ1) is 13.6. The summed E-state index contributed by atoms with van der Waals surface area (Å²) >= 11 is 11.8. The third-order valence-electron chi connectivity index (χ3n) is 3.76. The van der Waals surface area contributed by atoms with Crippen molar-refractivity contribution in [1.82, 2.24) is 10.6 Å². The molecule has 0 radical (unpaired) electrons. The van der Waals surface area contributed by atoms with E-state index < -0.39 is 27.7 Å². The quantitative estimate of drug-likeness (QED) is 0.498. The van der Waals surface area contributed by atoms with Gasteiger partial charge in [-0.15, -0.1) is 0 Å². The first kappa shape index (κ1) is 22.1. The van der Waals surface area contributed by atoms with Crippen LogP contribution in [0.1, 0.15) is 27.6 Å². The predicted octanol–water partition coefficient (Wildman–Crippen LogP) is 3.36. The molecule has 10 nitrogen and oxygen atoms in total. The van der Waals surface area contributed by atoms with E-state index in [2.05, 4.69) is 10.6 Å². The van der Waals surface area contributed by atoms with Gasteiger partial charge in [0.05, 0.1) is 31.0 Å². The van der Waals surface area contributed by atoms with Gasteiger partial charge in [-0.1, -0.05) is 23.2 Å². The van der Waals surface area contributed by atoms with E-state index >= 15 is 0 Å². The lowest BCUT2D eigenvalue weighted by Gasteiger charge is -2.15. The van der Waals surface area contributed by atoms with E-state index in [4.69, 9.17) is 23.2 Å². The van der Waals surface area contributed by atoms with Gasteiger partial charge in [-0.25, -0.2) is 0 Å². The molecule has 0 aliphatic heterocycles. The smallest absolute Gasteiger partial charge is 0.270 e. The van der Waals surface area contributed by atoms with Crippen LogP contribution >= 0.6 is 23.2 Å². The Morgan fingerprint density at radius 3 is 1.83 bits per heavy atom. The molecule has 0 aliphatic carbocycles. The van der Waals surface area contributed by atoms with E-state index in [0.29, 0.717) is 0 Å². The molecule has 0 heterocycles. The highest BCUT2D eigenvalue weighted by Gasteiger charge is 2.19. The van der Waals surface area contributed by atoms with Crippen molar-refractivity contribution in [1.29, 1.82) is 0 Å². The van der Waals surface area contributed by atoms with E-state index in [-0.39, 0.29) is 39.1 Å². The molecule has 0 saturated carbocycles. The summed E-state index contributed by atoms with van der Waals surface area (Å²) in [4.78, 5) is 44.9. The van der Waals surface area contributed by atoms with Gasteiger partial charge in [-0.2, -0.15) is 0 Å². The molecule has 0 fully saturated rings. The van der Waals surface area contributed by atoms with Crippen molar-refractivity contribution >= 4 is 46.4 Å². The lowest BCUT2D eigenvalue weighted by atomic mass is 10.1. The van der Waals surface area contributed by atoms with Crippen molar-refractivity contribution in [3.63, 3.8) is 0 Å². The van der Waals surface area contributed by atoms with Gasteiger partial charge in [0, 0.05) is 36.9 Å². The lowest BCUT2D eigenvalue weighted by Crippen LogP contribution is -2.42. The van der Waals surface area contributed by atoms with Crippen LogP contribution in [0, 0.1) is 20.2 Å². The van der Waals surface area contributed by atoms with Crippen LogP contribution < -0.4 is 10.6 Å². The summed E-state index contributed by atoms with van der Waals surface area (Å²) in [5.74, 6) is -1.32. The number of carbonyl (C=O) groups is 2. The summed E-state index contributed by atoms with van der Waals surface area (Å²) in [7, 11) is 0. The van der Waals surface area contributed by atoms with E-state index in [0.717, 1.165) is 12.1 Å². The number of rotatable bonds is 7. The third-order valence-corrected chi connectivity index (χ3v) is 4.42. The maximum absolute atomic E-state index is 12.3. The Balaban J connectivity index is 2.02. The molecule has 1 atom stereocenters. The van der Waals surface area contributed by atoms with Crippen LogP contribution in [0.25, 0.3) is 0 Å². The van der Waals surface area contributed by atoms with Gasteiger partial charge < -0.3 is 10.6 Å². The van der Waals surface area contributed by atoms with Crippen LogP contribution in [0.4, 0.5) is 11.4 Å². The van der Waals surface area contributed by atoms with Gasteiger partial charge >= 0.3 is 0 Å². The van der Waals surface area contributed by atoms with Crippen molar-refractivity contribution in [2.45, 2.75) is 13.0 Å². The van der Waals surface area contributed by atoms with Crippen molar-refractivity contribution in [3.8, 4) is 0 Å². The summed E-state index contributed by atoms with van der Waals surface area (Å²) in [5, 5.41) is 26.8. The molecule has 0 aromatic heterocycles. The standard InChI is InChI=1S/C17H14Cl2N4O6/c1-9(21-17(25)13-7-11(23(28)29)3-5-15(13)19)8-20-16(24)12-6-10(22(26)27)2-4-14(12)18/h2-7,9H,8H2,1H3,(H,20,24)(H,21,25). The van der Waals surface area contributed by atoms with Crippen LogP contribution in [-0.2, 0) is 0 Å². The van der Waals surface area contributed by atoms with Crippen LogP contribution in [0.15, 0.2) is 36.4 Å². The van der Waals surface area contributed by atoms with Gasteiger partial charge in [-0.3, -0.25) is 29.8 Å². The molecular formula is C17H14Cl2N4O6. The van der Waals surface area contributed by atoms with Gasteiger partial charge in [0.25, 0.3) is 23.2 Å². The number of benzene rings is 2. The molecule has 2 N–H and O–H groups in total. The largest absolute Gasteiger partial charge is 0.350 e. The van der Waals surface area contributed by atoms with Crippen LogP contribution in [-0.4, -0.2) is 34.2 Å². The topological polar surface area (TPSA) is 144 Å². The summed E-state index contributed by atoms with van der Waals surface area (Å²) in [5.41, 5.74) is -0.746. The second-order valence-corrected chi connectivity index (χ2v) is 6.74.